The number of nitrogens with one attached hydrogen (secondary N) is 1. The first-order chi connectivity index (χ1) is 16.9. The largest absolute Gasteiger partial charge is 0.378 e. The van der Waals surface area contributed by atoms with E-state index in [4.69, 9.17) is 17.2 Å². The van der Waals surface area contributed by atoms with Crippen LogP contribution in [0.4, 0.5) is 11.4 Å². The average Bonchev–Trinajstić information content (AvgIpc) is 3.36. The van der Waals surface area contributed by atoms with Crippen LogP contribution >= 0.6 is 12.2 Å². The molecule has 7 heteroatoms. The van der Waals surface area contributed by atoms with Gasteiger partial charge in [-0.2, -0.15) is 0 Å². The van der Waals surface area contributed by atoms with Crippen LogP contribution in [-0.2, 0) is 6.54 Å². The Morgan fingerprint density at radius 3 is 2.46 bits per heavy atom. The number of hydrogen-bond donors (Lipinski definition) is 1. The predicted molar refractivity (Wildman–Crippen MR) is 146 cm³/mol. The van der Waals surface area contributed by atoms with Crippen molar-refractivity contribution in [1.82, 2.24) is 19.9 Å². The van der Waals surface area contributed by atoms with Gasteiger partial charge in [0.15, 0.2) is 5.11 Å². The number of aromatic nitrogens is 3. The first-order valence-electron chi connectivity index (χ1n) is 11.8. The molecule has 1 aliphatic rings. The normalized spacial score (nSPS) is 17.5. The van der Waals surface area contributed by atoms with Crippen molar-refractivity contribution < 1.29 is 0 Å². The number of aryl methyl sites for hydroxylation is 1. The molecule has 4 aromatic rings. The molecule has 1 aliphatic heterocycles. The van der Waals surface area contributed by atoms with Gasteiger partial charge in [0, 0.05) is 62.0 Å². The summed E-state index contributed by atoms with van der Waals surface area (Å²) < 4.78 is 2.36. The SMILES string of the molecule is Cc1cc([C@@H]2[C@H](c3ccccn3)NC(=S)N2c2ccc(N(C)C)cc2)c(C)n1Cc1cccnc1. The maximum atomic E-state index is 5.91. The minimum atomic E-state index is -0.0652. The average molecular weight is 483 g/mol. The van der Waals surface area contributed by atoms with Crippen LogP contribution < -0.4 is 15.1 Å². The standard InChI is InChI=1S/C28H30N6S/c1-19-16-24(20(2)33(19)18-21-8-7-14-29-17-21)27-26(25-9-5-6-15-30-25)31-28(35)34(27)23-12-10-22(11-13-23)32(3)4/h5-17,26-27H,18H2,1-4H3,(H,31,35)/t26-,27+/m0/s1. The molecular formula is C28H30N6S. The third-order valence-electron chi connectivity index (χ3n) is 6.74. The second kappa shape index (κ2) is 9.50. The van der Waals surface area contributed by atoms with Gasteiger partial charge in [-0.05, 0) is 85.7 Å². The highest BCUT2D eigenvalue weighted by atomic mass is 32.1. The van der Waals surface area contributed by atoms with Gasteiger partial charge in [0.1, 0.15) is 0 Å². The molecule has 0 aliphatic carbocycles. The summed E-state index contributed by atoms with van der Waals surface area (Å²) in [4.78, 5) is 13.3. The lowest BCUT2D eigenvalue weighted by atomic mass is 9.96. The summed E-state index contributed by atoms with van der Waals surface area (Å²) >= 11 is 5.91. The highest BCUT2D eigenvalue weighted by Crippen LogP contribution is 2.43. The molecule has 0 radical (unpaired) electrons. The lowest BCUT2D eigenvalue weighted by Crippen LogP contribution is -2.29. The van der Waals surface area contributed by atoms with Crippen molar-refractivity contribution >= 4 is 28.7 Å². The Morgan fingerprint density at radius 2 is 1.80 bits per heavy atom. The molecule has 0 bridgehead atoms. The number of hydrogen-bond acceptors (Lipinski definition) is 4. The van der Waals surface area contributed by atoms with Crippen LogP contribution in [0.25, 0.3) is 0 Å². The second-order valence-electron chi connectivity index (χ2n) is 9.18. The van der Waals surface area contributed by atoms with E-state index < -0.39 is 0 Å². The van der Waals surface area contributed by atoms with Crippen molar-refractivity contribution in [3.05, 3.63) is 107 Å². The summed E-state index contributed by atoms with van der Waals surface area (Å²) in [5, 5.41) is 4.28. The summed E-state index contributed by atoms with van der Waals surface area (Å²) in [6, 6.07) is 20.9. The van der Waals surface area contributed by atoms with E-state index in [1.165, 1.54) is 22.5 Å². The lowest BCUT2D eigenvalue weighted by Gasteiger charge is -2.28. The zero-order valence-electron chi connectivity index (χ0n) is 20.5. The number of rotatable bonds is 6. The fourth-order valence-electron chi connectivity index (χ4n) is 4.91. The maximum absolute atomic E-state index is 5.91. The van der Waals surface area contributed by atoms with E-state index in [1.54, 1.807) is 0 Å². The first-order valence-corrected chi connectivity index (χ1v) is 12.2. The van der Waals surface area contributed by atoms with Gasteiger partial charge in [-0.1, -0.05) is 12.1 Å². The van der Waals surface area contributed by atoms with Gasteiger partial charge < -0.3 is 19.7 Å². The predicted octanol–water partition coefficient (Wildman–Crippen LogP) is 5.19. The van der Waals surface area contributed by atoms with E-state index in [-0.39, 0.29) is 12.1 Å². The molecule has 1 N–H and O–H groups in total. The van der Waals surface area contributed by atoms with Crippen LogP contribution in [0.2, 0.25) is 0 Å². The Labute approximate surface area is 212 Å². The third-order valence-corrected chi connectivity index (χ3v) is 7.05. The molecule has 35 heavy (non-hydrogen) atoms. The zero-order chi connectivity index (χ0) is 24.5. The lowest BCUT2D eigenvalue weighted by molar-refractivity contribution is 0.563. The first kappa shape index (κ1) is 23.1. The Bertz CT molecular complexity index is 1320. The Hall–Kier alpha value is -3.71. The van der Waals surface area contributed by atoms with Crippen LogP contribution in [0.5, 0.6) is 0 Å². The van der Waals surface area contributed by atoms with E-state index in [2.05, 4.69) is 81.0 Å². The molecule has 0 saturated carbocycles. The van der Waals surface area contributed by atoms with Gasteiger partial charge in [0.25, 0.3) is 0 Å². The van der Waals surface area contributed by atoms with Crippen molar-refractivity contribution in [3.63, 3.8) is 0 Å². The Balaban J connectivity index is 1.60. The summed E-state index contributed by atoms with van der Waals surface area (Å²) in [6.07, 6.45) is 5.59. The monoisotopic (exact) mass is 482 g/mol. The molecule has 3 aromatic heterocycles. The molecule has 6 nitrogen and oxygen atoms in total. The van der Waals surface area contributed by atoms with Crippen LogP contribution in [0, 0.1) is 13.8 Å². The van der Waals surface area contributed by atoms with Crippen LogP contribution in [-0.4, -0.2) is 33.7 Å². The Kier molecular flexibility index (Phi) is 6.26. The minimum absolute atomic E-state index is 0.0311. The van der Waals surface area contributed by atoms with Crippen LogP contribution in [0.15, 0.2) is 79.3 Å². The zero-order valence-corrected chi connectivity index (χ0v) is 21.3. The highest BCUT2D eigenvalue weighted by Gasteiger charge is 2.42. The molecule has 5 rings (SSSR count). The molecule has 4 heterocycles. The van der Waals surface area contributed by atoms with Gasteiger partial charge in [-0.3, -0.25) is 9.97 Å². The van der Waals surface area contributed by atoms with E-state index >= 15 is 0 Å². The van der Waals surface area contributed by atoms with Crippen molar-refractivity contribution in [1.29, 1.82) is 0 Å². The van der Waals surface area contributed by atoms with E-state index in [9.17, 15) is 0 Å². The van der Waals surface area contributed by atoms with Crippen molar-refractivity contribution in [2.24, 2.45) is 0 Å². The molecule has 2 atom stereocenters. The number of anilines is 2. The Morgan fingerprint density at radius 1 is 1.00 bits per heavy atom. The van der Waals surface area contributed by atoms with E-state index in [0.29, 0.717) is 5.11 Å². The summed E-state index contributed by atoms with van der Waals surface area (Å²) in [5.41, 5.74) is 8.04. The molecule has 178 valence electrons. The topological polar surface area (TPSA) is 49.2 Å². The van der Waals surface area contributed by atoms with Crippen molar-refractivity contribution in [3.8, 4) is 0 Å². The molecule has 0 unspecified atom stereocenters. The van der Waals surface area contributed by atoms with Crippen molar-refractivity contribution in [2.45, 2.75) is 32.5 Å². The smallest absolute Gasteiger partial charge is 0.174 e. The number of thiocarbonyl (C=S) groups is 1. The molecule has 1 fully saturated rings. The fraction of sp³-hybridized carbons (Fsp3) is 0.250. The molecule has 1 saturated heterocycles. The van der Waals surface area contributed by atoms with E-state index in [0.717, 1.165) is 23.6 Å². The van der Waals surface area contributed by atoms with Gasteiger partial charge in [-0.15, -0.1) is 0 Å². The minimum Gasteiger partial charge on any atom is -0.378 e. The summed E-state index contributed by atoms with van der Waals surface area (Å²) in [5.74, 6) is 0. The quantitative estimate of drug-likeness (QED) is 0.382. The van der Waals surface area contributed by atoms with Crippen LogP contribution in [0.3, 0.4) is 0 Å². The van der Waals surface area contributed by atoms with Crippen molar-refractivity contribution in [2.75, 3.05) is 23.9 Å². The van der Waals surface area contributed by atoms with Gasteiger partial charge in [0.05, 0.1) is 17.8 Å². The van der Waals surface area contributed by atoms with Gasteiger partial charge in [-0.25, -0.2) is 0 Å². The third kappa shape index (κ3) is 4.39. The molecule has 0 amide bonds. The fourth-order valence-corrected chi connectivity index (χ4v) is 5.25. The number of pyridine rings is 2. The van der Waals surface area contributed by atoms with Gasteiger partial charge >= 0.3 is 0 Å². The molecular weight excluding hydrogens is 452 g/mol. The van der Waals surface area contributed by atoms with E-state index in [1.807, 2.05) is 50.9 Å². The van der Waals surface area contributed by atoms with Crippen LogP contribution in [0.1, 0.15) is 40.3 Å². The number of nitrogens with zero attached hydrogens (tertiary/aromatic N) is 5. The maximum Gasteiger partial charge on any atom is 0.174 e. The number of benzene rings is 1. The highest BCUT2D eigenvalue weighted by molar-refractivity contribution is 7.80. The molecule has 1 aromatic carbocycles. The van der Waals surface area contributed by atoms with Gasteiger partial charge in [0.2, 0.25) is 0 Å². The summed E-state index contributed by atoms with van der Waals surface area (Å²) in [7, 11) is 4.10. The summed E-state index contributed by atoms with van der Waals surface area (Å²) in [6.45, 7) is 5.14. The molecule has 0 spiro atoms. The second-order valence-corrected chi connectivity index (χ2v) is 9.57.